The average Bonchev–Trinajstić information content (AvgIpc) is 2.93. The van der Waals surface area contributed by atoms with Crippen molar-refractivity contribution in [2.75, 3.05) is 26.3 Å². The second kappa shape index (κ2) is 5.29. The van der Waals surface area contributed by atoms with Crippen LogP contribution in [0.3, 0.4) is 0 Å². The summed E-state index contributed by atoms with van der Waals surface area (Å²) in [5, 5.41) is 9.67. The number of aliphatic hydroxyl groups is 1. The van der Waals surface area contributed by atoms with Crippen molar-refractivity contribution in [2.24, 2.45) is 0 Å². The molecule has 0 radical (unpaired) electrons. The van der Waals surface area contributed by atoms with Crippen LogP contribution in [0.25, 0.3) is 0 Å². The second-order valence-electron chi connectivity index (χ2n) is 5.26. The van der Waals surface area contributed by atoms with Gasteiger partial charge in [-0.3, -0.25) is 4.90 Å². The Kier molecular flexibility index (Phi) is 3.52. The Bertz CT molecular complexity index is 413. The van der Waals surface area contributed by atoms with Gasteiger partial charge >= 0.3 is 0 Å². The number of fused-ring (bicyclic) bond motifs is 1. The number of aryl methyl sites for hydroxylation is 1. The highest BCUT2D eigenvalue weighted by molar-refractivity contribution is 5.39. The van der Waals surface area contributed by atoms with Gasteiger partial charge in [0.05, 0.1) is 19.3 Å². The molecule has 3 rings (SSSR count). The normalized spacial score (nSPS) is 21.4. The Labute approximate surface area is 108 Å². The van der Waals surface area contributed by atoms with Crippen LogP contribution in [0.4, 0.5) is 0 Å². The molecule has 1 aromatic carbocycles. The van der Waals surface area contributed by atoms with Crippen molar-refractivity contribution in [3.8, 4) is 5.75 Å². The highest BCUT2D eigenvalue weighted by Gasteiger charge is 2.23. The predicted molar refractivity (Wildman–Crippen MR) is 70.9 cm³/mol. The molecule has 1 aromatic rings. The van der Waals surface area contributed by atoms with Crippen molar-refractivity contribution >= 4 is 0 Å². The van der Waals surface area contributed by atoms with Crippen LogP contribution in [0.5, 0.6) is 5.75 Å². The molecule has 0 bridgehead atoms. The highest BCUT2D eigenvalue weighted by Crippen LogP contribution is 2.31. The summed E-state index contributed by atoms with van der Waals surface area (Å²) in [5.41, 5.74) is 2.54. The molecule has 3 heteroatoms. The van der Waals surface area contributed by atoms with Crippen molar-refractivity contribution in [3.05, 3.63) is 29.3 Å². The van der Waals surface area contributed by atoms with E-state index in [4.69, 9.17) is 4.74 Å². The van der Waals surface area contributed by atoms with Crippen molar-refractivity contribution in [1.29, 1.82) is 0 Å². The molecule has 1 saturated heterocycles. The molecule has 1 unspecified atom stereocenters. The Hall–Kier alpha value is -1.06. The van der Waals surface area contributed by atoms with Gasteiger partial charge in [-0.15, -0.1) is 0 Å². The molecule has 2 heterocycles. The predicted octanol–water partition coefficient (Wildman–Crippen LogP) is 2.14. The number of nitrogens with zero attached hydrogens (tertiary/aromatic N) is 1. The van der Waals surface area contributed by atoms with Crippen molar-refractivity contribution in [3.63, 3.8) is 0 Å². The van der Waals surface area contributed by atoms with E-state index in [2.05, 4.69) is 23.1 Å². The topological polar surface area (TPSA) is 32.7 Å². The van der Waals surface area contributed by atoms with Gasteiger partial charge in [0, 0.05) is 0 Å². The third-order valence-corrected chi connectivity index (χ3v) is 4.07. The molecule has 1 atom stereocenters. The Morgan fingerprint density at radius 3 is 2.83 bits per heavy atom. The van der Waals surface area contributed by atoms with Crippen LogP contribution in [0, 0.1) is 0 Å². The summed E-state index contributed by atoms with van der Waals surface area (Å²) in [6, 6.07) is 6.58. The van der Waals surface area contributed by atoms with Gasteiger partial charge in [-0.2, -0.15) is 0 Å². The molecule has 0 aliphatic carbocycles. The zero-order chi connectivity index (χ0) is 12.4. The molecule has 0 spiro atoms. The summed E-state index contributed by atoms with van der Waals surface area (Å²) in [4.78, 5) is 2.39. The quantitative estimate of drug-likeness (QED) is 0.888. The smallest absolute Gasteiger partial charge is 0.122 e. The number of ether oxygens (including phenoxy) is 1. The lowest BCUT2D eigenvalue weighted by Gasteiger charge is -2.27. The van der Waals surface area contributed by atoms with Gasteiger partial charge in [0.1, 0.15) is 5.75 Å². The minimum absolute atomic E-state index is 0.166. The molecular weight excluding hydrogens is 226 g/mol. The van der Waals surface area contributed by atoms with Gasteiger partial charge in [0.15, 0.2) is 0 Å². The Balaban J connectivity index is 1.85. The summed E-state index contributed by atoms with van der Waals surface area (Å²) >= 11 is 0. The zero-order valence-corrected chi connectivity index (χ0v) is 10.8. The lowest BCUT2D eigenvalue weighted by molar-refractivity contribution is 0.147. The van der Waals surface area contributed by atoms with E-state index >= 15 is 0 Å². The molecule has 0 saturated carbocycles. The first-order valence-corrected chi connectivity index (χ1v) is 6.99. The van der Waals surface area contributed by atoms with E-state index < -0.39 is 0 Å². The number of benzene rings is 1. The van der Waals surface area contributed by atoms with Gasteiger partial charge in [0.2, 0.25) is 0 Å². The fraction of sp³-hybridized carbons (Fsp3) is 0.600. The van der Waals surface area contributed by atoms with E-state index in [0.29, 0.717) is 0 Å². The van der Waals surface area contributed by atoms with Crippen LogP contribution in [0.2, 0.25) is 0 Å². The molecular formula is C15H21NO2. The first-order valence-electron chi connectivity index (χ1n) is 6.99. The summed E-state index contributed by atoms with van der Waals surface area (Å²) in [6.07, 6.45) is 4.71. The first kappa shape index (κ1) is 12.0. The van der Waals surface area contributed by atoms with Crippen molar-refractivity contribution in [2.45, 2.75) is 31.7 Å². The molecule has 3 nitrogen and oxygen atoms in total. The lowest BCUT2D eigenvalue weighted by Crippen LogP contribution is -2.28. The molecule has 0 amide bonds. The van der Waals surface area contributed by atoms with Crippen LogP contribution in [0.1, 0.15) is 36.4 Å². The second-order valence-corrected chi connectivity index (χ2v) is 5.26. The Morgan fingerprint density at radius 1 is 1.22 bits per heavy atom. The van der Waals surface area contributed by atoms with E-state index in [1.165, 1.54) is 24.0 Å². The number of rotatable bonds is 3. The summed E-state index contributed by atoms with van der Waals surface area (Å²) in [5.74, 6) is 1.03. The molecule has 1 fully saturated rings. The molecule has 0 aromatic heterocycles. The van der Waals surface area contributed by atoms with Gasteiger partial charge in [-0.05, 0) is 56.0 Å². The maximum Gasteiger partial charge on any atom is 0.122 e. The molecule has 2 aliphatic heterocycles. The maximum atomic E-state index is 9.67. The summed E-state index contributed by atoms with van der Waals surface area (Å²) < 4.78 is 5.64. The Morgan fingerprint density at radius 2 is 2.06 bits per heavy atom. The maximum absolute atomic E-state index is 9.67. The number of hydrogen-bond donors (Lipinski definition) is 1. The molecule has 98 valence electrons. The van der Waals surface area contributed by atoms with Gasteiger partial charge in [-0.1, -0.05) is 12.1 Å². The van der Waals surface area contributed by atoms with E-state index in [1.54, 1.807) is 0 Å². The SMILES string of the molecule is OCC(c1ccc2c(c1)CCCO2)N1CCCC1. The van der Waals surface area contributed by atoms with Crippen molar-refractivity contribution < 1.29 is 9.84 Å². The third-order valence-electron chi connectivity index (χ3n) is 4.07. The lowest BCUT2D eigenvalue weighted by atomic mass is 9.99. The zero-order valence-electron chi connectivity index (χ0n) is 10.8. The van der Waals surface area contributed by atoms with Gasteiger partial charge in [-0.25, -0.2) is 0 Å². The van der Waals surface area contributed by atoms with Crippen LogP contribution >= 0.6 is 0 Å². The van der Waals surface area contributed by atoms with E-state index in [0.717, 1.165) is 38.3 Å². The molecule has 18 heavy (non-hydrogen) atoms. The first-order chi connectivity index (χ1) is 8.88. The minimum atomic E-state index is 0.166. The molecule has 2 aliphatic rings. The monoisotopic (exact) mass is 247 g/mol. The van der Waals surface area contributed by atoms with E-state index in [1.807, 2.05) is 0 Å². The van der Waals surface area contributed by atoms with E-state index in [-0.39, 0.29) is 12.6 Å². The van der Waals surface area contributed by atoms with E-state index in [9.17, 15) is 5.11 Å². The fourth-order valence-corrected chi connectivity index (χ4v) is 3.07. The number of aliphatic hydroxyl groups excluding tert-OH is 1. The summed E-state index contributed by atoms with van der Waals surface area (Å²) in [6.45, 7) is 3.26. The number of hydrogen-bond acceptors (Lipinski definition) is 3. The molecule has 1 N–H and O–H groups in total. The van der Waals surface area contributed by atoms with Crippen LogP contribution < -0.4 is 4.74 Å². The third kappa shape index (κ3) is 2.25. The van der Waals surface area contributed by atoms with Crippen LogP contribution in [0.15, 0.2) is 18.2 Å². The largest absolute Gasteiger partial charge is 0.493 e. The van der Waals surface area contributed by atoms with Gasteiger partial charge < -0.3 is 9.84 Å². The highest BCUT2D eigenvalue weighted by atomic mass is 16.5. The van der Waals surface area contributed by atoms with Crippen LogP contribution in [-0.2, 0) is 6.42 Å². The van der Waals surface area contributed by atoms with Crippen LogP contribution in [-0.4, -0.2) is 36.3 Å². The average molecular weight is 247 g/mol. The minimum Gasteiger partial charge on any atom is -0.493 e. The summed E-state index contributed by atoms with van der Waals surface area (Å²) in [7, 11) is 0. The fourth-order valence-electron chi connectivity index (χ4n) is 3.07. The van der Waals surface area contributed by atoms with Crippen molar-refractivity contribution in [1.82, 2.24) is 4.90 Å². The van der Waals surface area contributed by atoms with Gasteiger partial charge in [0.25, 0.3) is 0 Å². The number of likely N-dealkylation sites (tertiary alicyclic amines) is 1. The standard InChI is InChI=1S/C15H21NO2/c17-11-14(16-7-1-2-8-16)12-5-6-15-13(10-12)4-3-9-18-15/h5-6,10,14,17H,1-4,7-9,11H2.